The topological polar surface area (TPSA) is 69.7 Å². The Morgan fingerprint density at radius 1 is 0.868 bits per heavy atom. The van der Waals surface area contributed by atoms with Crippen molar-refractivity contribution in [1.82, 2.24) is 4.90 Å². The fourth-order valence-electron chi connectivity index (χ4n) is 5.75. The molecule has 3 heterocycles. The van der Waals surface area contributed by atoms with Gasteiger partial charge in [-0.15, -0.1) is 0 Å². The number of anilines is 2. The molecule has 3 aromatic rings. The second kappa shape index (κ2) is 8.73. The van der Waals surface area contributed by atoms with Crippen LogP contribution in [0.25, 0.3) is 6.08 Å². The van der Waals surface area contributed by atoms with E-state index in [1.165, 1.54) is 12.1 Å². The smallest absolute Gasteiger partial charge is 0.357 e. The van der Waals surface area contributed by atoms with Gasteiger partial charge in [0, 0.05) is 16.9 Å². The molecule has 1 N–H and O–H groups in total. The molecule has 2 fully saturated rings. The van der Waals surface area contributed by atoms with Crippen LogP contribution in [0.2, 0.25) is 5.02 Å². The van der Waals surface area contributed by atoms with Gasteiger partial charge in [0.05, 0.1) is 29.1 Å². The Bertz CT molecular complexity index is 1500. The molecule has 0 bridgehead atoms. The van der Waals surface area contributed by atoms with Gasteiger partial charge in [0.15, 0.2) is 0 Å². The summed E-state index contributed by atoms with van der Waals surface area (Å²) >= 11 is 5.94. The zero-order chi connectivity index (χ0) is 26.8. The summed E-state index contributed by atoms with van der Waals surface area (Å²) in [6, 6.07) is 16.3. The SMILES string of the molecule is O=C(Nc1ccc(Cl)cc1)[C@@H]1[C@@H]2C(=O)N(c3ccccc3C(F)(F)F)C(=O)[C@@H]2[C@H]2c3ccccc3C=CN12. The van der Waals surface area contributed by atoms with Gasteiger partial charge in [-0.2, -0.15) is 13.2 Å². The van der Waals surface area contributed by atoms with Gasteiger partial charge in [-0.05, 0) is 53.6 Å². The summed E-state index contributed by atoms with van der Waals surface area (Å²) < 4.78 is 41.5. The lowest BCUT2D eigenvalue weighted by Gasteiger charge is -2.35. The van der Waals surface area contributed by atoms with Crippen molar-refractivity contribution in [2.24, 2.45) is 11.8 Å². The van der Waals surface area contributed by atoms with Gasteiger partial charge in [0.2, 0.25) is 17.7 Å². The molecule has 0 aliphatic carbocycles. The highest BCUT2D eigenvalue weighted by molar-refractivity contribution is 6.30. The van der Waals surface area contributed by atoms with Gasteiger partial charge in [-0.3, -0.25) is 14.4 Å². The molecule has 38 heavy (non-hydrogen) atoms. The van der Waals surface area contributed by atoms with E-state index in [9.17, 15) is 27.6 Å². The second-order valence-corrected chi connectivity index (χ2v) is 9.79. The highest BCUT2D eigenvalue weighted by atomic mass is 35.5. The second-order valence-electron chi connectivity index (χ2n) is 9.36. The number of nitrogens with zero attached hydrogens (tertiary/aromatic N) is 2. The minimum atomic E-state index is -4.79. The average molecular weight is 538 g/mol. The Labute approximate surface area is 220 Å². The van der Waals surface area contributed by atoms with Gasteiger partial charge in [0.25, 0.3) is 0 Å². The van der Waals surface area contributed by atoms with Crippen molar-refractivity contribution in [3.8, 4) is 0 Å². The van der Waals surface area contributed by atoms with Crippen molar-refractivity contribution in [3.05, 3.63) is 101 Å². The lowest BCUT2D eigenvalue weighted by molar-refractivity contribution is -0.137. The largest absolute Gasteiger partial charge is 0.418 e. The van der Waals surface area contributed by atoms with Crippen molar-refractivity contribution in [3.63, 3.8) is 0 Å². The first-order chi connectivity index (χ1) is 18.2. The van der Waals surface area contributed by atoms with Crippen LogP contribution >= 0.6 is 11.6 Å². The first-order valence-corrected chi connectivity index (χ1v) is 12.2. The molecule has 6 nitrogen and oxygen atoms in total. The molecule has 0 saturated carbocycles. The third-order valence-electron chi connectivity index (χ3n) is 7.29. The summed E-state index contributed by atoms with van der Waals surface area (Å²) in [5, 5.41) is 3.24. The summed E-state index contributed by atoms with van der Waals surface area (Å²) in [6.07, 6.45) is -1.32. The number of para-hydroxylation sites is 1. The highest BCUT2D eigenvalue weighted by Gasteiger charge is 2.65. The van der Waals surface area contributed by atoms with Gasteiger partial charge in [-0.25, -0.2) is 4.90 Å². The van der Waals surface area contributed by atoms with Crippen LogP contribution in [0.4, 0.5) is 24.5 Å². The number of carbonyl (C=O) groups excluding carboxylic acids is 3. The minimum absolute atomic E-state index is 0.428. The Balaban J connectivity index is 1.46. The number of hydrogen-bond donors (Lipinski definition) is 1. The molecule has 2 saturated heterocycles. The third kappa shape index (κ3) is 3.68. The van der Waals surface area contributed by atoms with E-state index in [4.69, 9.17) is 11.6 Å². The molecule has 0 aromatic heterocycles. The summed E-state index contributed by atoms with van der Waals surface area (Å²) in [5.41, 5.74) is 0.327. The van der Waals surface area contributed by atoms with Crippen LogP contribution in [-0.2, 0) is 20.6 Å². The fraction of sp³-hybridized carbons (Fsp3) is 0.179. The number of carbonyl (C=O) groups is 3. The number of alkyl halides is 3. The van der Waals surface area contributed by atoms with Gasteiger partial charge < -0.3 is 10.2 Å². The Kier molecular flexibility index (Phi) is 5.57. The van der Waals surface area contributed by atoms with Gasteiger partial charge in [-0.1, -0.05) is 48.0 Å². The number of hydrogen-bond acceptors (Lipinski definition) is 4. The predicted octanol–water partition coefficient (Wildman–Crippen LogP) is 5.51. The van der Waals surface area contributed by atoms with Crippen LogP contribution < -0.4 is 10.2 Å². The molecule has 3 amide bonds. The highest BCUT2D eigenvalue weighted by Crippen LogP contribution is 2.54. The van der Waals surface area contributed by atoms with Crippen LogP contribution in [-0.4, -0.2) is 28.7 Å². The molecule has 0 radical (unpaired) electrons. The van der Waals surface area contributed by atoms with Crippen LogP contribution in [0.5, 0.6) is 0 Å². The molecule has 3 aliphatic heterocycles. The first kappa shape index (κ1) is 24.2. The molecular formula is C28H19ClF3N3O3. The number of nitrogens with one attached hydrogen (secondary N) is 1. The standard InChI is InChI=1S/C28H19ClF3N3O3/c29-16-9-11-17(12-10-16)33-25(36)24-22-21(23-18-6-2-1-5-15(18)13-14-34(23)24)26(37)35(27(22)38)20-8-4-3-7-19(20)28(30,31)32/h1-14,21-24H,(H,33,36)/t21-,22+,23+,24-/m0/s1. The van der Waals surface area contributed by atoms with Gasteiger partial charge >= 0.3 is 6.18 Å². The summed E-state index contributed by atoms with van der Waals surface area (Å²) in [6.45, 7) is 0. The van der Waals surface area contributed by atoms with Crippen molar-refractivity contribution < 1.29 is 27.6 Å². The molecule has 6 rings (SSSR count). The number of imide groups is 1. The molecule has 4 atom stereocenters. The third-order valence-corrected chi connectivity index (χ3v) is 7.54. The summed E-state index contributed by atoms with van der Waals surface area (Å²) in [4.78, 5) is 43.6. The number of fused-ring (bicyclic) bond motifs is 5. The van der Waals surface area contributed by atoms with E-state index in [0.29, 0.717) is 15.6 Å². The van der Waals surface area contributed by atoms with E-state index in [-0.39, 0.29) is 0 Å². The number of benzene rings is 3. The lowest BCUT2D eigenvalue weighted by Crippen LogP contribution is -2.46. The molecule has 10 heteroatoms. The summed E-state index contributed by atoms with van der Waals surface area (Å²) in [5.74, 6) is -4.42. The van der Waals surface area contributed by atoms with E-state index in [1.807, 2.05) is 12.1 Å². The van der Waals surface area contributed by atoms with Crippen LogP contribution in [0.1, 0.15) is 22.7 Å². The quantitative estimate of drug-likeness (QED) is 0.447. The van der Waals surface area contributed by atoms with Crippen molar-refractivity contribution in [1.29, 1.82) is 0 Å². The molecule has 3 aromatic carbocycles. The summed E-state index contributed by atoms with van der Waals surface area (Å²) in [7, 11) is 0. The monoisotopic (exact) mass is 537 g/mol. The van der Waals surface area contributed by atoms with Gasteiger partial charge in [0.1, 0.15) is 6.04 Å². The van der Waals surface area contributed by atoms with Crippen molar-refractivity contribution in [2.45, 2.75) is 18.3 Å². The average Bonchev–Trinajstić information content (AvgIpc) is 3.37. The van der Waals surface area contributed by atoms with Crippen LogP contribution in [0.3, 0.4) is 0 Å². The molecule has 192 valence electrons. The lowest BCUT2D eigenvalue weighted by atomic mass is 9.84. The first-order valence-electron chi connectivity index (χ1n) is 11.8. The number of amides is 3. The van der Waals surface area contributed by atoms with E-state index in [2.05, 4.69) is 5.32 Å². The van der Waals surface area contributed by atoms with Crippen LogP contribution in [0.15, 0.2) is 79.0 Å². The number of rotatable bonds is 3. The van der Waals surface area contributed by atoms with E-state index in [1.54, 1.807) is 53.6 Å². The normalized spacial score (nSPS) is 23.8. The zero-order valence-electron chi connectivity index (χ0n) is 19.5. The fourth-order valence-corrected chi connectivity index (χ4v) is 5.88. The Hall–Kier alpha value is -4.11. The number of halogens is 4. The molecule has 0 unspecified atom stereocenters. The predicted molar refractivity (Wildman–Crippen MR) is 135 cm³/mol. The zero-order valence-corrected chi connectivity index (χ0v) is 20.3. The maximum atomic E-state index is 13.8. The van der Waals surface area contributed by atoms with Crippen molar-refractivity contribution in [2.75, 3.05) is 10.2 Å². The maximum Gasteiger partial charge on any atom is 0.418 e. The molecular weight excluding hydrogens is 519 g/mol. The van der Waals surface area contributed by atoms with Crippen LogP contribution in [0, 0.1) is 11.8 Å². The van der Waals surface area contributed by atoms with E-state index >= 15 is 0 Å². The Morgan fingerprint density at radius 2 is 1.53 bits per heavy atom. The molecule has 0 spiro atoms. The van der Waals surface area contributed by atoms with E-state index in [0.717, 1.165) is 23.3 Å². The van der Waals surface area contributed by atoms with E-state index < -0.39 is 59.1 Å². The Morgan fingerprint density at radius 3 is 2.26 bits per heavy atom. The maximum absolute atomic E-state index is 13.8. The minimum Gasteiger partial charge on any atom is -0.357 e. The molecule has 3 aliphatic rings. The van der Waals surface area contributed by atoms with Crippen molar-refractivity contribution >= 4 is 46.8 Å².